The van der Waals surface area contributed by atoms with Gasteiger partial charge in [0.1, 0.15) is 0 Å². The van der Waals surface area contributed by atoms with Gasteiger partial charge in [0, 0.05) is 13.0 Å². The zero-order valence-corrected chi connectivity index (χ0v) is 8.99. The van der Waals surface area contributed by atoms with Crippen LogP contribution in [0.5, 0.6) is 0 Å². The third kappa shape index (κ3) is 2.63. The first kappa shape index (κ1) is 12.3. The van der Waals surface area contributed by atoms with Crippen LogP contribution in [0.1, 0.15) is 17.8 Å². The molecular weight excluding hydrogens is 231 g/mol. The molecule has 0 aliphatic heterocycles. The SMILES string of the molecule is Cc1c(Cl)c(C(F)(F)F)nn1CCC[NH3+]. The molecule has 0 amide bonds. The Labute approximate surface area is 90.0 Å². The molecule has 0 bridgehead atoms. The first-order valence-electron chi connectivity index (χ1n) is 4.47. The van der Waals surface area contributed by atoms with Crippen molar-refractivity contribution in [3.05, 3.63) is 16.4 Å². The quantitative estimate of drug-likeness (QED) is 0.858. The fourth-order valence-corrected chi connectivity index (χ4v) is 1.43. The Morgan fingerprint density at radius 3 is 2.47 bits per heavy atom. The molecule has 0 saturated carbocycles. The Kier molecular flexibility index (Phi) is 3.62. The van der Waals surface area contributed by atoms with Crippen LogP contribution in [-0.4, -0.2) is 16.3 Å². The van der Waals surface area contributed by atoms with Gasteiger partial charge in [-0.05, 0) is 6.92 Å². The molecule has 0 fully saturated rings. The first-order valence-corrected chi connectivity index (χ1v) is 4.85. The van der Waals surface area contributed by atoms with Crippen LogP contribution in [0, 0.1) is 6.92 Å². The summed E-state index contributed by atoms with van der Waals surface area (Å²) in [4.78, 5) is 0. The number of aromatic nitrogens is 2. The van der Waals surface area contributed by atoms with E-state index in [1.165, 1.54) is 11.6 Å². The molecule has 15 heavy (non-hydrogen) atoms. The molecule has 0 spiro atoms. The first-order chi connectivity index (χ1) is 6.88. The summed E-state index contributed by atoms with van der Waals surface area (Å²) in [5.41, 5.74) is 2.95. The molecule has 0 aliphatic rings. The van der Waals surface area contributed by atoms with Gasteiger partial charge in [0.05, 0.1) is 17.3 Å². The molecule has 0 atom stereocenters. The predicted molar refractivity (Wildman–Crippen MR) is 49.3 cm³/mol. The second kappa shape index (κ2) is 4.40. The molecule has 0 saturated heterocycles. The van der Waals surface area contributed by atoms with E-state index in [-0.39, 0.29) is 5.02 Å². The average Bonchev–Trinajstić information content (AvgIpc) is 2.41. The minimum atomic E-state index is -4.49. The largest absolute Gasteiger partial charge is 0.436 e. The van der Waals surface area contributed by atoms with Gasteiger partial charge in [0.25, 0.3) is 0 Å². The molecule has 0 aromatic carbocycles. The van der Waals surface area contributed by atoms with E-state index < -0.39 is 11.9 Å². The van der Waals surface area contributed by atoms with E-state index >= 15 is 0 Å². The maximum atomic E-state index is 12.4. The van der Waals surface area contributed by atoms with Crippen LogP contribution in [0.25, 0.3) is 0 Å². The van der Waals surface area contributed by atoms with E-state index in [1.54, 1.807) is 0 Å². The number of rotatable bonds is 3. The summed E-state index contributed by atoms with van der Waals surface area (Å²) in [5.74, 6) is 0. The number of hydrogen-bond acceptors (Lipinski definition) is 1. The van der Waals surface area contributed by atoms with Gasteiger partial charge < -0.3 is 5.73 Å². The topological polar surface area (TPSA) is 45.5 Å². The minimum absolute atomic E-state index is 0.313. The van der Waals surface area contributed by atoms with Gasteiger partial charge in [-0.3, -0.25) is 4.68 Å². The van der Waals surface area contributed by atoms with E-state index in [1.807, 2.05) is 0 Å². The van der Waals surface area contributed by atoms with Gasteiger partial charge in [-0.15, -0.1) is 0 Å². The standard InChI is InChI=1S/C8H11ClF3N3/c1-5-6(9)7(8(10,11)12)14-15(5)4-2-3-13/h2-4,13H2,1H3/p+1. The summed E-state index contributed by atoms with van der Waals surface area (Å²) in [7, 11) is 0. The van der Waals surface area contributed by atoms with Crippen LogP contribution in [0.2, 0.25) is 5.02 Å². The van der Waals surface area contributed by atoms with Crippen molar-refractivity contribution in [2.75, 3.05) is 6.54 Å². The van der Waals surface area contributed by atoms with Crippen LogP contribution in [-0.2, 0) is 12.7 Å². The summed E-state index contributed by atoms with van der Waals surface area (Å²) in [6.07, 6.45) is -3.81. The van der Waals surface area contributed by atoms with Crippen LogP contribution in [0.15, 0.2) is 0 Å². The molecule has 86 valence electrons. The van der Waals surface area contributed by atoms with Crippen molar-refractivity contribution in [3.63, 3.8) is 0 Å². The van der Waals surface area contributed by atoms with Gasteiger partial charge >= 0.3 is 6.18 Å². The fraction of sp³-hybridized carbons (Fsp3) is 0.625. The highest BCUT2D eigenvalue weighted by Crippen LogP contribution is 2.35. The highest BCUT2D eigenvalue weighted by atomic mass is 35.5. The van der Waals surface area contributed by atoms with Crippen molar-refractivity contribution >= 4 is 11.6 Å². The van der Waals surface area contributed by atoms with Crippen molar-refractivity contribution in [2.45, 2.75) is 26.1 Å². The lowest BCUT2D eigenvalue weighted by atomic mass is 10.3. The lowest BCUT2D eigenvalue weighted by Crippen LogP contribution is -2.50. The molecule has 0 unspecified atom stereocenters. The summed E-state index contributed by atoms with van der Waals surface area (Å²) in [6.45, 7) is 2.58. The van der Waals surface area contributed by atoms with Crippen molar-refractivity contribution in [1.82, 2.24) is 9.78 Å². The number of quaternary nitrogens is 1. The third-order valence-corrected chi connectivity index (χ3v) is 2.47. The number of alkyl halides is 3. The summed E-state index contributed by atoms with van der Waals surface area (Å²) >= 11 is 5.56. The normalized spacial score (nSPS) is 12.1. The highest BCUT2D eigenvalue weighted by molar-refractivity contribution is 6.31. The van der Waals surface area contributed by atoms with E-state index in [0.717, 1.165) is 0 Å². The summed E-state index contributed by atoms with van der Waals surface area (Å²) < 4.78 is 38.4. The van der Waals surface area contributed by atoms with Gasteiger partial charge in [0.2, 0.25) is 0 Å². The Morgan fingerprint density at radius 1 is 1.47 bits per heavy atom. The van der Waals surface area contributed by atoms with Gasteiger partial charge in [0.15, 0.2) is 5.69 Å². The molecule has 0 radical (unpaired) electrons. The number of aryl methyl sites for hydroxylation is 1. The molecule has 3 nitrogen and oxygen atoms in total. The van der Waals surface area contributed by atoms with Gasteiger partial charge in [-0.2, -0.15) is 18.3 Å². The van der Waals surface area contributed by atoms with E-state index in [2.05, 4.69) is 10.8 Å². The third-order valence-electron chi connectivity index (χ3n) is 2.02. The maximum absolute atomic E-state index is 12.4. The lowest BCUT2D eigenvalue weighted by Gasteiger charge is -2.02. The van der Waals surface area contributed by atoms with Crippen LogP contribution in [0.4, 0.5) is 13.2 Å². The van der Waals surface area contributed by atoms with Crippen molar-refractivity contribution in [2.24, 2.45) is 0 Å². The van der Waals surface area contributed by atoms with Crippen molar-refractivity contribution in [3.8, 4) is 0 Å². The van der Waals surface area contributed by atoms with Crippen molar-refractivity contribution in [1.29, 1.82) is 0 Å². The Hall–Kier alpha value is -0.750. The molecule has 3 N–H and O–H groups in total. The monoisotopic (exact) mass is 242 g/mol. The Balaban J connectivity index is 3.02. The number of nitrogens with zero attached hydrogens (tertiary/aromatic N) is 2. The van der Waals surface area contributed by atoms with E-state index in [0.29, 0.717) is 25.2 Å². The molecule has 7 heteroatoms. The summed E-state index contributed by atoms with van der Waals surface area (Å²) in [6, 6.07) is 0. The summed E-state index contributed by atoms with van der Waals surface area (Å²) in [5, 5.41) is 3.14. The average molecular weight is 243 g/mol. The molecule has 1 aromatic rings. The zero-order valence-electron chi connectivity index (χ0n) is 8.23. The Bertz CT molecular complexity index is 346. The molecule has 1 heterocycles. The van der Waals surface area contributed by atoms with Crippen LogP contribution in [0.3, 0.4) is 0 Å². The smallest absolute Gasteiger partial charge is 0.358 e. The zero-order chi connectivity index (χ0) is 11.6. The molecule has 1 aromatic heterocycles. The van der Waals surface area contributed by atoms with Crippen LogP contribution < -0.4 is 5.73 Å². The highest BCUT2D eigenvalue weighted by Gasteiger charge is 2.38. The fourth-order valence-electron chi connectivity index (χ4n) is 1.18. The van der Waals surface area contributed by atoms with E-state index in [9.17, 15) is 13.2 Å². The maximum Gasteiger partial charge on any atom is 0.436 e. The molecular formula is C8H12ClF3N3+. The number of halogens is 4. The van der Waals surface area contributed by atoms with Gasteiger partial charge in [-0.1, -0.05) is 11.6 Å². The second-order valence-corrected chi connectivity index (χ2v) is 3.55. The molecule has 0 aliphatic carbocycles. The second-order valence-electron chi connectivity index (χ2n) is 3.18. The van der Waals surface area contributed by atoms with E-state index in [4.69, 9.17) is 11.6 Å². The Morgan fingerprint density at radius 2 is 2.07 bits per heavy atom. The van der Waals surface area contributed by atoms with Crippen LogP contribution >= 0.6 is 11.6 Å². The lowest BCUT2D eigenvalue weighted by molar-refractivity contribution is -0.368. The van der Waals surface area contributed by atoms with Gasteiger partial charge in [-0.25, -0.2) is 0 Å². The molecule has 1 rings (SSSR count). The van der Waals surface area contributed by atoms with Crippen molar-refractivity contribution < 1.29 is 18.9 Å². The predicted octanol–water partition coefficient (Wildman–Crippen LogP) is 1.50. The minimum Gasteiger partial charge on any atom is -0.358 e. The number of hydrogen-bond donors (Lipinski definition) is 1.